The second-order valence-corrected chi connectivity index (χ2v) is 9.89. The van der Waals surface area contributed by atoms with Crippen LogP contribution in [0.4, 0.5) is 0 Å². The van der Waals surface area contributed by atoms with Crippen LogP contribution in [0.25, 0.3) is 16.7 Å². The first-order valence-corrected chi connectivity index (χ1v) is 13.1. The van der Waals surface area contributed by atoms with Gasteiger partial charge in [0, 0.05) is 10.6 Å². The summed E-state index contributed by atoms with van der Waals surface area (Å²) in [6.07, 6.45) is 1.65. The van der Waals surface area contributed by atoms with Gasteiger partial charge in [-0.15, -0.1) is 0 Å². The molecule has 7 nitrogen and oxygen atoms in total. The quantitative estimate of drug-likeness (QED) is 0.157. The summed E-state index contributed by atoms with van der Waals surface area (Å²) in [5.41, 5.74) is 9.28. The SMILES string of the molecule is Cc1nn(-c2ccccc2)c(C)c1C=NNC(=O)CSc1nc2ccccc2n1Cc1ccc(Cl)cc1. The minimum absolute atomic E-state index is 0.183. The van der Waals surface area contributed by atoms with Crippen LogP contribution in [-0.4, -0.2) is 37.2 Å². The molecule has 3 aromatic carbocycles. The van der Waals surface area contributed by atoms with Crippen LogP contribution in [0.2, 0.25) is 5.02 Å². The van der Waals surface area contributed by atoms with E-state index >= 15 is 0 Å². The number of aryl methyl sites for hydroxylation is 1. The number of imidazole rings is 1. The zero-order chi connectivity index (χ0) is 25.8. The largest absolute Gasteiger partial charge is 0.314 e. The number of halogens is 1. The molecule has 2 aromatic heterocycles. The predicted octanol–water partition coefficient (Wildman–Crippen LogP) is 5.78. The number of amides is 1. The van der Waals surface area contributed by atoms with Crippen molar-refractivity contribution < 1.29 is 4.79 Å². The van der Waals surface area contributed by atoms with E-state index in [2.05, 4.69) is 20.2 Å². The molecule has 0 atom stereocenters. The van der Waals surface area contributed by atoms with E-state index in [4.69, 9.17) is 16.6 Å². The van der Waals surface area contributed by atoms with Crippen LogP contribution in [0.5, 0.6) is 0 Å². The maximum atomic E-state index is 12.6. The molecule has 0 fully saturated rings. The van der Waals surface area contributed by atoms with Crippen molar-refractivity contribution in [2.45, 2.75) is 25.5 Å². The lowest BCUT2D eigenvalue weighted by Gasteiger charge is -2.09. The molecular formula is C28H25ClN6OS. The van der Waals surface area contributed by atoms with Gasteiger partial charge in [0.2, 0.25) is 0 Å². The summed E-state index contributed by atoms with van der Waals surface area (Å²) < 4.78 is 3.99. The average Bonchev–Trinajstić information content (AvgIpc) is 3.41. The predicted molar refractivity (Wildman–Crippen MR) is 150 cm³/mol. The molecule has 0 radical (unpaired) electrons. The van der Waals surface area contributed by atoms with Crippen LogP contribution in [0.1, 0.15) is 22.5 Å². The molecule has 1 N–H and O–H groups in total. The fraction of sp³-hybridized carbons (Fsp3) is 0.143. The minimum Gasteiger partial charge on any atom is -0.314 e. The third kappa shape index (κ3) is 5.60. The van der Waals surface area contributed by atoms with Gasteiger partial charge < -0.3 is 4.57 Å². The number of hydrogen-bond donors (Lipinski definition) is 1. The first-order valence-electron chi connectivity index (χ1n) is 11.8. The van der Waals surface area contributed by atoms with Gasteiger partial charge in [0.15, 0.2) is 5.16 Å². The van der Waals surface area contributed by atoms with E-state index < -0.39 is 0 Å². The highest BCUT2D eigenvalue weighted by atomic mass is 35.5. The number of aromatic nitrogens is 4. The van der Waals surface area contributed by atoms with Gasteiger partial charge in [-0.2, -0.15) is 10.2 Å². The number of rotatable bonds is 8. The summed E-state index contributed by atoms with van der Waals surface area (Å²) in [5.74, 6) is -0.0280. The third-order valence-corrected chi connectivity index (χ3v) is 7.17. The molecular weight excluding hydrogens is 504 g/mol. The minimum atomic E-state index is -0.211. The highest BCUT2D eigenvalue weighted by Gasteiger charge is 2.14. The molecule has 0 saturated carbocycles. The molecule has 5 aromatic rings. The van der Waals surface area contributed by atoms with Crippen molar-refractivity contribution in [3.63, 3.8) is 0 Å². The fourth-order valence-corrected chi connectivity index (χ4v) is 5.01. The van der Waals surface area contributed by atoms with E-state index in [-0.39, 0.29) is 11.7 Å². The summed E-state index contributed by atoms with van der Waals surface area (Å²) in [4.78, 5) is 17.4. The van der Waals surface area contributed by atoms with Gasteiger partial charge in [-0.3, -0.25) is 4.79 Å². The molecule has 186 valence electrons. The Morgan fingerprint density at radius 3 is 2.54 bits per heavy atom. The van der Waals surface area contributed by atoms with E-state index in [1.54, 1.807) is 6.21 Å². The molecule has 0 aliphatic carbocycles. The maximum absolute atomic E-state index is 12.6. The third-order valence-electron chi connectivity index (χ3n) is 5.94. The van der Waals surface area contributed by atoms with Crippen LogP contribution < -0.4 is 5.43 Å². The Bertz CT molecular complexity index is 1570. The summed E-state index contributed by atoms with van der Waals surface area (Å²) in [7, 11) is 0. The Morgan fingerprint density at radius 1 is 1.03 bits per heavy atom. The molecule has 0 aliphatic rings. The first-order chi connectivity index (χ1) is 18.0. The van der Waals surface area contributed by atoms with Crippen LogP contribution in [0.3, 0.4) is 0 Å². The Kier molecular flexibility index (Phi) is 7.39. The summed E-state index contributed by atoms with van der Waals surface area (Å²) in [6.45, 7) is 4.54. The van der Waals surface area contributed by atoms with E-state index in [0.29, 0.717) is 11.6 Å². The number of hydrogen-bond acceptors (Lipinski definition) is 5. The molecule has 0 saturated heterocycles. The molecule has 9 heteroatoms. The van der Waals surface area contributed by atoms with Crippen molar-refractivity contribution in [2.75, 3.05) is 5.75 Å². The summed E-state index contributed by atoms with van der Waals surface area (Å²) in [6, 6.07) is 25.6. The average molecular weight is 529 g/mol. The van der Waals surface area contributed by atoms with Gasteiger partial charge in [0.25, 0.3) is 5.91 Å². The first kappa shape index (κ1) is 24.8. The van der Waals surface area contributed by atoms with Gasteiger partial charge in [-0.1, -0.05) is 65.8 Å². The molecule has 2 heterocycles. The van der Waals surface area contributed by atoms with Crippen LogP contribution >= 0.6 is 23.4 Å². The number of hydrazone groups is 1. The fourth-order valence-electron chi connectivity index (χ4n) is 4.08. The monoisotopic (exact) mass is 528 g/mol. The van der Waals surface area contributed by atoms with Crippen LogP contribution in [-0.2, 0) is 11.3 Å². The number of carbonyl (C=O) groups excluding carboxylic acids is 1. The van der Waals surface area contributed by atoms with Crippen molar-refractivity contribution in [3.05, 3.63) is 106 Å². The highest BCUT2D eigenvalue weighted by molar-refractivity contribution is 7.99. The van der Waals surface area contributed by atoms with Crippen molar-refractivity contribution in [2.24, 2.45) is 5.10 Å². The molecule has 0 spiro atoms. The Morgan fingerprint density at radius 2 is 1.76 bits per heavy atom. The van der Waals surface area contributed by atoms with E-state index in [1.165, 1.54) is 11.8 Å². The highest BCUT2D eigenvalue weighted by Crippen LogP contribution is 2.25. The summed E-state index contributed by atoms with van der Waals surface area (Å²) >= 11 is 7.43. The van der Waals surface area contributed by atoms with Crippen molar-refractivity contribution in [1.82, 2.24) is 24.8 Å². The number of benzene rings is 3. The van der Waals surface area contributed by atoms with E-state index in [1.807, 2.05) is 97.4 Å². The zero-order valence-electron chi connectivity index (χ0n) is 20.4. The van der Waals surface area contributed by atoms with Crippen LogP contribution in [0, 0.1) is 13.8 Å². The van der Waals surface area contributed by atoms with Crippen LogP contribution in [0.15, 0.2) is 89.1 Å². The molecule has 1 amide bonds. The second kappa shape index (κ2) is 11.0. The smallest absolute Gasteiger partial charge is 0.250 e. The number of fused-ring (bicyclic) bond motifs is 1. The number of thioether (sulfide) groups is 1. The van der Waals surface area contributed by atoms with Gasteiger partial charge in [0.1, 0.15) is 0 Å². The lowest BCUT2D eigenvalue weighted by molar-refractivity contribution is -0.118. The molecule has 0 bridgehead atoms. The Hall–Kier alpha value is -3.88. The van der Waals surface area contributed by atoms with Gasteiger partial charge in [-0.05, 0) is 55.8 Å². The van der Waals surface area contributed by atoms with Gasteiger partial charge >= 0.3 is 0 Å². The van der Waals surface area contributed by atoms with Gasteiger partial charge in [0.05, 0.1) is 46.6 Å². The number of carbonyl (C=O) groups is 1. The molecule has 5 rings (SSSR count). The van der Waals surface area contributed by atoms with Crippen molar-refractivity contribution >= 4 is 46.5 Å². The van der Waals surface area contributed by atoms with Crippen molar-refractivity contribution in [3.8, 4) is 5.69 Å². The molecule has 0 aliphatic heterocycles. The topological polar surface area (TPSA) is 77.1 Å². The Labute approximate surface area is 224 Å². The Balaban J connectivity index is 1.26. The summed E-state index contributed by atoms with van der Waals surface area (Å²) in [5, 5.41) is 10.3. The van der Waals surface area contributed by atoms with E-state index in [0.717, 1.165) is 44.4 Å². The zero-order valence-corrected chi connectivity index (χ0v) is 22.0. The van der Waals surface area contributed by atoms with Crippen molar-refractivity contribution in [1.29, 1.82) is 0 Å². The molecule has 0 unspecified atom stereocenters. The maximum Gasteiger partial charge on any atom is 0.250 e. The normalized spacial score (nSPS) is 11.4. The standard InChI is InChI=1S/C28H25ClN6OS/c1-19-24(20(2)35(33-19)23-8-4-3-5-9-23)16-30-32-27(36)18-37-28-31-25-10-6-7-11-26(25)34(28)17-21-12-14-22(29)15-13-21/h3-16H,17-18H2,1-2H3,(H,32,36). The lowest BCUT2D eigenvalue weighted by Crippen LogP contribution is -2.20. The lowest BCUT2D eigenvalue weighted by atomic mass is 10.2. The molecule has 37 heavy (non-hydrogen) atoms. The number of nitrogens with one attached hydrogen (secondary N) is 1. The second-order valence-electron chi connectivity index (χ2n) is 8.51. The van der Waals surface area contributed by atoms with E-state index in [9.17, 15) is 4.79 Å². The van der Waals surface area contributed by atoms with Gasteiger partial charge in [-0.25, -0.2) is 15.1 Å². The number of nitrogens with zero attached hydrogens (tertiary/aromatic N) is 5. The number of para-hydroxylation sites is 3.